The summed E-state index contributed by atoms with van der Waals surface area (Å²) >= 11 is 0. The number of hydrogen-bond acceptors (Lipinski definition) is 2. The van der Waals surface area contributed by atoms with Gasteiger partial charge in [0.25, 0.3) is 0 Å². The Morgan fingerprint density at radius 1 is 1.23 bits per heavy atom. The lowest BCUT2D eigenvalue weighted by Crippen LogP contribution is -2.42. The van der Waals surface area contributed by atoms with Gasteiger partial charge < -0.3 is 9.64 Å². The van der Waals surface area contributed by atoms with Crippen LogP contribution in [0.15, 0.2) is 24.3 Å². The second kappa shape index (κ2) is 7.77. The van der Waals surface area contributed by atoms with Gasteiger partial charge in [0.05, 0.1) is 6.04 Å². The molecule has 1 saturated heterocycles. The molecule has 0 radical (unpaired) electrons. The second-order valence-electron chi connectivity index (χ2n) is 6.80. The van der Waals surface area contributed by atoms with Crippen molar-refractivity contribution in [2.75, 3.05) is 19.8 Å². The normalized spacial score (nSPS) is 17.5. The molecule has 1 amide bonds. The maximum absolute atomic E-state index is 13.0. The van der Waals surface area contributed by atoms with Gasteiger partial charge in [0.1, 0.15) is 0 Å². The van der Waals surface area contributed by atoms with E-state index in [1.807, 2.05) is 0 Å². The number of ether oxygens (including phenoxy) is 1. The Hall–Kier alpha value is -1.35. The predicted octanol–water partition coefficient (Wildman–Crippen LogP) is 3.97. The summed E-state index contributed by atoms with van der Waals surface area (Å²) in [6.07, 6.45) is 1.71. The molecule has 3 heteroatoms. The summed E-state index contributed by atoms with van der Waals surface area (Å²) < 4.78 is 5.40. The highest BCUT2D eigenvalue weighted by atomic mass is 16.5. The molecule has 1 aromatic carbocycles. The van der Waals surface area contributed by atoms with Crippen LogP contribution in [0.3, 0.4) is 0 Å². The number of aryl methyl sites for hydroxylation is 1. The average molecular weight is 303 g/mol. The molecule has 0 aromatic heterocycles. The van der Waals surface area contributed by atoms with Gasteiger partial charge in [0.2, 0.25) is 5.91 Å². The molecule has 1 aliphatic rings. The van der Waals surface area contributed by atoms with Crippen molar-refractivity contribution in [3.05, 3.63) is 35.4 Å². The van der Waals surface area contributed by atoms with E-state index in [-0.39, 0.29) is 12.0 Å². The smallest absolute Gasteiger partial charge is 0.226 e. The van der Waals surface area contributed by atoms with Crippen molar-refractivity contribution in [1.29, 1.82) is 0 Å². The van der Waals surface area contributed by atoms with Gasteiger partial charge in [-0.2, -0.15) is 0 Å². The minimum absolute atomic E-state index is 0.124. The summed E-state index contributed by atoms with van der Waals surface area (Å²) in [6.45, 7) is 10.9. The molecule has 2 rings (SSSR count). The molecule has 122 valence electrons. The van der Waals surface area contributed by atoms with E-state index in [1.165, 1.54) is 11.1 Å². The Bertz CT molecular complexity index is 492. The first-order valence-electron chi connectivity index (χ1n) is 8.44. The van der Waals surface area contributed by atoms with Crippen molar-refractivity contribution in [2.24, 2.45) is 11.8 Å². The zero-order valence-electron chi connectivity index (χ0n) is 14.3. The van der Waals surface area contributed by atoms with Gasteiger partial charge in [-0.15, -0.1) is 0 Å². The lowest BCUT2D eigenvalue weighted by Gasteiger charge is -2.35. The van der Waals surface area contributed by atoms with E-state index < -0.39 is 0 Å². The third-order valence-electron chi connectivity index (χ3n) is 4.52. The number of hydrogen-bond donors (Lipinski definition) is 0. The lowest BCUT2D eigenvalue weighted by molar-refractivity contribution is -0.141. The fourth-order valence-corrected chi connectivity index (χ4v) is 3.23. The molecule has 0 aliphatic carbocycles. The standard InChI is InChI=1S/C19H29NO2/c1-14(2)13-20(19(21)17-9-11-22-12-10-17)16(4)18-8-6-5-7-15(18)3/h5-8,14,16-17H,9-13H2,1-4H3/t16-/m1/s1. The number of benzene rings is 1. The Morgan fingerprint density at radius 2 is 1.86 bits per heavy atom. The minimum atomic E-state index is 0.124. The van der Waals surface area contributed by atoms with E-state index in [0.29, 0.717) is 25.0 Å². The van der Waals surface area contributed by atoms with E-state index in [1.54, 1.807) is 0 Å². The van der Waals surface area contributed by atoms with Crippen LogP contribution in [0.1, 0.15) is 50.8 Å². The molecule has 22 heavy (non-hydrogen) atoms. The SMILES string of the molecule is Cc1ccccc1[C@@H](C)N(CC(C)C)C(=O)C1CCOCC1. The van der Waals surface area contributed by atoms with Crippen LogP contribution >= 0.6 is 0 Å². The van der Waals surface area contributed by atoms with Gasteiger partial charge >= 0.3 is 0 Å². The van der Waals surface area contributed by atoms with Crippen LogP contribution < -0.4 is 0 Å². The summed E-state index contributed by atoms with van der Waals surface area (Å²) in [6, 6.07) is 8.51. The monoisotopic (exact) mass is 303 g/mol. The summed E-state index contributed by atoms with van der Waals surface area (Å²) in [4.78, 5) is 15.1. The molecule has 3 nitrogen and oxygen atoms in total. The van der Waals surface area contributed by atoms with E-state index in [4.69, 9.17) is 4.74 Å². The largest absolute Gasteiger partial charge is 0.381 e. The molecule has 0 spiro atoms. The van der Waals surface area contributed by atoms with E-state index in [2.05, 4.69) is 56.9 Å². The van der Waals surface area contributed by atoms with E-state index in [9.17, 15) is 4.79 Å². The summed E-state index contributed by atoms with van der Waals surface area (Å²) in [5.41, 5.74) is 2.51. The first kappa shape index (κ1) is 17.0. The van der Waals surface area contributed by atoms with Crippen molar-refractivity contribution in [3.63, 3.8) is 0 Å². The molecule has 1 aliphatic heterocycles. The van der Waals surface area contributed by atoms with Gasteiger partial charge in [0, 0.05) is 25.7 Å². The number of carbonyl (C=O) groups is 1. The van der Waals surface area contributed by atoms with Crippen LogP contribution in [-0.2, 0) is 9.53 Å². The second-order valence-corrected chi connectivity index (χ2v) is 6.80. The van der Waals surface area contributed by atoms with E-state index >= 15 is 0 Å². The van der Waals surface area contributed by atoms with Gasteiger partial charge in [-0.3, -0.25) is 4.79 Å². The number of amides is 1. The Labute approximate surface area is 134 Å². The molecule has 1 fully saturated rings. The van der Waals surface area contributed by atoms with Gasteiger partial charge in [-0.1, -0.05) is 38.1 Å². The molecular weight excluding hydrogens is 274 g/mol. The Morgan fingerprint density at radius 3 is 2.45 bits per heavy atom. The maximum Gasteiger partial charge on any atom is 0.226 e. The summed E-state index contributed by atoms with van der Waals surface area (Å²) in [7, 11) is 0. The minimum Gasteiger partial charge on any atom is -0.381 e. The van der Waals surface area contributed by atoms with Crippen molar-refractivity contribution in [3.8, 4) is 0 Å². The fraction of sp³-hybridized carbons (Fsp3) is 0.632. The highest BCUT2D eigenvalue weighted by Gasteiger charge is 2.30. The van der Waals surface area contributed by atoms with Crippen molar-refractivity contribution >= 4 is 5.91 Å². The average Bonchev–Trinajstić information content (AvgIpc) is 2.52. The van der Waals surface area contributed by atoms with Crippen molar-refractivity contribution in [2.45, 2.75) is 46.6 Å². The van der Waals surface area contributed by atoms with Crippen LogP contribution in [0.25, 0.3) is 0 Å². The predicted molar refractivity (Wildman–Crippen MR) is 89.7 cm³/mol. The molecule has 1 heterocycles. The molecule has 0 bridgehead atoms. The number of carbonyl (C=O) groups excluding carboxylic acids is 1. The van der Waals surface area contributed by atoms with Crippen LogP contribution in [-0.4, -0.2) is 30.6 Å². The van der Waals surface area contributed by atoms with Gasteiger partial charge in [-0.25, -0.2) is 0 Å². The number of rotatable bonds is 5. The van der Waals surface area contributed by atoms with Crippen molar-refractivity contribution in [1.82, 2.24) is 4.90 Å². The zero-order chi connectivity index (χ0) is 16.1. The summed E-state index contributed by atoms with van der Waals surface area (Å²) in [5.74, 6) is 0.891. The van der Waals surface area contributed by atoms with E-state index in [0.717, 1.165) is 19.4 Å². The quantitative estimate of drug-likeness (QED) is 0.824. The van der Waals surface area contributed by atoms with Gasteiger partial charge in [-0.05, 0) is 43.7 Å². The zero-order valence-corrected chi connectivity index (χ0v) is 14.3. The topological polar surface area (TPSA) is 29.5 Å². The molecule has 0 unspecified atom stereocenters. The molecule has 1 atom stereocenters. The summed E-state index contributed by atoms with van der Waals surface area (Å²) in [5, 5.41) is 0. The molecule has 0 saturated carbocycles. The molecule has 0 N–H and O–H groups in total. The van der Waals surface area contributed by atoms with Crippen LogP contribution in [0.2, 0.25) is 0 Å². The maximum atomic E-state index is 13.0. The number of nitrogens with zero attached hydrogens (tertiary/aromatic N) is 1. The Balaban J connectivity index is 2.21. The fourth-order valence-electron chi connectivity index (χ4n) is 3.23. The molecule has 1 aromatic rings. The van der Waals surface area contributed by atoms with Gasteiger partial charge in [0.15, 0.2) is 0 Å². The van der Waals surface area contributed by atoms with Crippen molar-refractivity contribution < 1.29 is 9.53 Å². The van der Waals surface area contributed by atoms with Crippen LogP contribution in [0, 0.1) is 18.8 Å². The van der Waals surface area contributed by atoms with Crippen LogP contribution in [0.4, 0.5) is 0 Å². The van der Waals surface area contributed by atoms with Crippen LogP contribution in [0.5, 0.6) is 0 Å². The third-order valence-corrected chi connectivity index (χ3v) is 4.52. The first-order valence-corrected chi connectivity index (χ1v) is 8.44. The lowest BCUT2D eigenvalue weighted by atomic mass is 9.94. The third kappa shape index (κ3) is 4.10. The Kier molecular flexibility index (Phi) is 6.01. The first-order chi connectivity index (χ1) is 10.5. The highest BCUT2D eigenvalue weighted by Crippen LogP contribution is 2.28. The molecular formula is C19H29NO2. The highest BCUT2D eigenvalue weighted by molar-refractivity contribution is 5.79.